The minimum absolute atomic E-state index is 0.0574. The van der Waals surface area contributed by atoms with Gasteiger partial charge in [-0.05, 0) is 24.7 Å². The molecule has 5 unspecified atom stereocenters. The number of carbonyl (C=O) groups excluding carboxylic acids is 1. The molecule has 4 N–H and O–H groups in total. The number of unbranched alkanes of at least 4 members (excludes halogenated alkanes) is 16. The van der Waals surface area contributed by atoms with Crippen molar-refractivity contribution in [2.24, 2.45) is 5.73 Å². The van der Waals surface area contributed by atoms with E-state index in [0.717, 1.165) is 36.1 Å². The van der Waals surface area contributed by atoms with Crippen molar-refractivity contribution in [1.82, 2.24) is 10.2 Å². The van der Waals surface area contributed by atoms with Gasteiger partial charge in [-0.2, -0.15) is 11.8 Å². The number of urea groups is 1. The highest BCUT2D eigenvalue weighted by Gasteiger charge is 2.34. The van der Waals surface area contributed by atoms with Gasteiger partial charge in [0.1, 0.15) is 12.3 Å². The molecule has 0 saturated heterocycles. The molecular weight excluding hydrogens is 644 g/mol. The molecule has 2 heterocycles. The second-order valence-electron chi connectivity index (χ2n) is 12.6. The Kier molecular flexibility index (Phi) is 23.3. The fraction of sp³-hybridized carbons (Fsp3) is 0.853. The molecule has 0 radical (unpaired) electrons. The molecular formula is C34H63FN3O7PS. The number of phosphoric acid groups is 1. The molecule has 0 aromatic rings. The molecule has 2 aliphatic heterocycles. The number of carbonyl (C=O) groups is 1. The number of nitrogens with zero attached hydrogens (tertiary/aromatic N) is 1. The number of rotatable bonds is 30. The lowest BCUT2D eigenvalue weighted by Crippen LogP contribution is -2.54. The lowest BCUT2D eigenvalue weighted by Gasteiger charge is -2.30. The SMILES string of the molecule is CCCCCCCCCCCCSCC(COP(=O)(O)OCC1C=CC(N2C=C(F)C(N)NC2=O)O1)OCCCCCCCCCC. The minimum Gasteiger partial charge on any atom is -0.375 e. The molecule has 10 nitrogen and oxygen atoms in total. The van der Waals surface area contributed by atoms with E-state index in [9.17, 15) is 18.6 Å². The number of hydrogen-bond donors (Lipinski definition) is 3. The Morgan fingerprint density at radius 2 is 1.51 bits per heavy atom. The van der Waals surface area contributed by atoms with Crippen LogP contribution < -0.4 is 11.1 Å². The van der Waals surface area contributed by atoms with E-state index in [1.807, 2.05) is 0 Å². The van der Waals surface area contributed by atoms with Crippen LogP contribution in [-0.4, -0.2) is 71.8 Å². The monoisotopic (exact) mass is 707 g/mol. The second kappa shape index (κ2) is 25.9. The fourth-order valence-electron chi connectivity index (χ4n) is 5.40. The van der Waals surface area contributed by atoms with Gasteiger partial charge in [0.15, 0.2) is 12.1 Å². The largest absolute Gasteiger partial charge is 0.472 e. The first-order valence-corrected chi connectivity index (χ1v) is 20.8. The van der Waals surface area contributed by atoms with Crippen molar-refractivity contribution in [3.05, 3.63) is 24.2 Å². The van der Waals surface area contributed by atoms with Crippen LogP contribution in [0.4, 0.5) is 9.18 Å². The number of amides is 2. The molecule has 2 aliphatic rings. The van der Waals surface area contributed by atoms with Gasteiger partial charge in [0, 0.05) is 18.6 Å². The summed E-state index contributed by atoms with van der Waals surface area (Å²) in [5, 5.41) is 2.28. The second-order valence-corrected chi connectivity index (χ2v) is 15.2. The first kappa shape index (κ1) is 42.2. The fourth-order valence-corrected chi connectivity index (χ4v) is 7.19. The summed E-state index contributed by atoms with van der Waals surface area (Å²) in [6.45, 7) is 4.73. The molecule has 0 aromatic heterocycles. The zero-order chi connectivity index (χ0) is 34.2. The quantitative estimate of drug-likeness (QED) is 0.0381. The van der Waals surface area contributed by atoms with Crippen molar-refractivity contribution in [1.29, 1.82) is 0 Å². The number of phosphoric ester groups is 1. The average Bonchev–Trinajstić information content (AvgIpc) is 3.52. The van der Waals surface area contributed by atoms with E-state index in [1.54, 1.807) is 23.9 Å². The molecule has 47 heavy (non-hydrogen) atoms. The summed E-state index contributed by atoms with van der Waals surface area (Å²) in [5.74, 6) is 0.986. The van der Waals surface area contributed by atoms with Gasteiger partial charge in [0.05, 0.1) is 19.3 Å². The summed E-state index contributed by atoms with van der Waals surface area (Å²) in [5.41, 5.74) is 5.48. The van der Waals surface area contributed by atoms with Gasteiger partial charge >= 0.3 is 13.9 Å². The van der Waals surface area contributed by atoms with Crippen LogP contribution in [0.3, 0.4) is 0 Å². The van der Waals surface area contributed by atoms with Crippen LogP contribution in [0, 0.1) is 0 Å². The molecule has 13 heteroatoms. The Morgan fingerprint density at radius 1 is 0.936 bits per heavy atom. The Labute approximate surface area is 287 Å². The van der Waals surface area contributed by atoms with E-state index in [4.69, 9.17) is 24.3 Å². The van der Waals surface area contributed by atoms with Crippen molar-refractivity contribution >= 4 is 25.6 Å². The van der Waals surface area contributed by atoms with Crippen LogP contribution in [0.15, 0.2) is 24.2 Å². The van der Waals surface area contributed by atoms with Gasteiger partial charge in [-0.3, -0.25) is 13.9 Å². The van der Waals surface area contributed by atoms with Crippen molar-refractivity contribution < 1.29 is 37.2 Å². The van der Waals surface area contributed by atoms with Crippen LogP contribution in [-0.2, 0) is 23.1 Å². The molecule has 0 fully saturated rings. The van der Waals surface area contributed by atoms with Crippen LogP contribution in [0.5, 0.6) is 0 Å². The topological polar surface area (TPSA) is 133 Å². The van der Waals surface area contributed by atoms with Crippen molar-refractivity contribution in [2.45, 2.75) is 154 Å². The summed E-state index contributed by atoms with van der Waals surface area (Å²) in [4.78, 5) is 23.5. The van der Waals surface area contributed by atoms with Gasteiger partial charge in [0.2, 0.25) is 0 Å². The Morgan fingerprint density at radius 3 is 2.13 bits per heavy atom. The number of ether oxygens (including phenoxy) is 2. The van der Waals surface area contributed by atoms with E-state index in [2.05, 4.69) is 19.2 Å². The third-order valence-electron chi connectivity index (χ3n) is 8.27. The summed E-state index contributed by atoms with van der Waals surface area (Å²) in [6, 6.07) is -0.615. The molecule has 0 saturated carbocycles. The van der Waals surface area contributed by atoms with Crippen LogP contribution >= 0.6 is 19.6 Å². The summed E-state index contributed by atoms with van der Waals surface area (Å²) in [7, 11) is -4.40. The van der Waals surface area contributed by atoms with Crippen LogP contribution in [0.25, 0.3) is 0 Å². The van der Waals surface area contributed by atoms with Crippen molar-refractivity contribution in [3.63, 3.8) is 0 Å². The molecule has 2 rings (SSSR count). The lowest BCUT2D eigenvalue weighted by atomic mass is 10.1. The van der Waals surface area contributed by atoms with Gasteiger partial charge in [-0.1, -0.05) is 123 Å². The Bertz CT molecular complexity index is 947. The zero-order valence-electron chi connectivity index (χ0n) is 29.0. The zero-order valence-corrected chi connectivity index (χ0v) is 30.7. The Hall–Kier alpha value is -0.980. The van der Waals surface area contributed by atoms with E-state index >= 15 is 0 Å². The molecule has 2 amide bonds. The van der Waals surface area contributed by atoms with Crippen molar-refractivity contribution in [2.75, 3.05) is 31.3 Å². The maximum Gasteiger partial charge on any atom is 0.472 e. The van der Waals surface area contributed by atoms with E-state index < -0.39 is 38.2 Å². The minimum atomic E-state index is -4.40. The maximum atomic E-state index is 13.9. The summed E-state index contributed by atoms with van der Waals surface area (Å²) in [6.07, 6.45) is 23.6. The molecule has 0 bridgehead atoms. The maximum absolute atomic E-state index is 13.9. The molecule has 0 spiro atoms. The van der Waals surface area contributed by atoms with E-state index in [0.29, 0.717) is 12.4 Å². The van der Waals surface area contributed by atoms with Gasteiger partial charge < -0.3 is 25.4 Å². The first-order chi connectivity index (χ1) is 22.8. The third kappa shape index (κ3) is 19.7. The predicted molar refractivity (Wildman–Crippen MR) is 189 cm³/mol. The summed E-state index contributed by atoms with van der Waals surface area (Å²) >= 11 is 1.79. The normalized spacial score (nSPS) is 21.6. The Balaban J connectivity index is 1.69. The highest BCUT2D eigenvalue weighted by Crippen LogP contribution is 2.44. The third-order valence-corrected chi connectivity index (χ3v) is 10.4. The van der Waals surface area contributed by atoms with Crippen LogP contribution in [0.2, 0.25) is 0 Å². The van der Waals surface area contributed by atoms with Gasteiger partial charge in [0.25, 0.3) is 0 Å². The smallest absolute Gasteiger partial charge is 0.375 e. The van der Waals surface area contributed by atoms with Crippen LogP contribution in [0.1, 0.15) is 129 Å². The highest BCUT2D eigenvalue weighted by atomic mass is 32.2. The standard InChI is InChI=1S/C34H63FN3O7PS/c1-3-5-7-9-11-13-14-16-18-20-24-47-28-30(42-23-19-17-15-12-10-8-6-4-2)27-44-46(40,41)43-26-29-21-22-32(45-29)38-25-31(35)33(36)37-34(38)39/h21-22,25,29-30,32-33H,3-20,23-24,26-28,36H2,1-2H3,(H,37,39)(H,40,41). The summed E-state index contributed by atoms with van der Waals surface area (Å²) < 4.78 is 48.9. The molecule has 5 atom stereocenters. The van der Waals surface area contributed by atoms with E-state index in [1.165, 1.54) is 96.3 Å². The first-order valence-electron chi connectivity index (χ1n) is 18.1. The van der Waals surface area contributed by atoms with Gasteiger partial charge in [-0.25, -0.2) is 13.8 Å². The highest BCUT2D eigenvalue weighted by molar-refractivity contribution is 7.99. The molecule has 0 aliphatic carbocycles. The van der Waals surface area contributed by atoms with Crippen molar-refractivity contribution in [3.8, 4) is 0 Å². The molecule has 0 aromatic carbocycles. The number of hydrogen-bond acceptors (Lipinski definition) is 8. The molecule has 274 valence electrons. The average molecular weight is 708 g/mol. The lowest BCUT2D eigenvalue weighted by molar-refractivity contribution is -0.0291. The predicted octanol–water partition coefficient (Wildman–Crippen LogP) is 8.70. The van der Waals surface area contributed by atoms with Gasteiger partial charge in [-0.15, -0.1) is 0 Å². The number of nitrogens with one attached hydrogen (secondary N) is 1. The number of nitrogens with two attached hydrogens (primary N) is 1. The van der Waals surface area contributed by atoms with E-state index in [-0.39, 0.29) is 19.3 Å². The number of thioether (sulfide) groups is 1. The number of halogens is 1.